The molecule has 4 N–H and O–H groups in total. The second-order valence-corrected chi connectivity index (χ2v) is 7.46. The van der Waals surface area contributed by atoms with Gasteiger partial charge in [-0.2, -0.15) is 0 Å². The Bertz CT molecular complexity index is 1200. The maximum atomic E-state index is 6.01. The van der Waals surface area contributed by atoms with E-state index < -0.39 is 0 Å². The number of benzene rings is 1. The maximum Gasteiger partial charge on any atom is 0.180 e. The van der Waals surface area contributed by atoms with E-state index in [0.29, 0.717) is 11.5 Å². The quantitative estimate of drug-likeness (QED) is 0.457. The number of nitrogens with one attached hydrogen (secondary N) is 2. The summed E-state index contributed by atoms with van der Waals surface area (Å²) in [7, 11) is 0. The SMILES string of the molecule is CC.Cc1nc2nc(N)cc(-c3cc4ccc(/C=C/CN5CCOCC5)cc4[nH]3)c2[nH]1. The average molecular weight is 419 g/mol. The lowest BCUT2D eigenvalue weighted by Gasteiger charge is -2.25. The van der Waals surface area contributed by atoms with Crippen LogP contribution in [-0.2, 0) is 4.74 Å². The molecule has 0 unspecified atom stereocenters. The molecule has 5 rings (SSSR count). The third-order valence-electron chi connectivity index (χ3n) is 5.31. The van der Waals surface area contributed by atoms with Crippen molar-refractivity contribution in [3.05, 3.63) is 47.8 Å². The van der Waals surface area contributed by atoms with Gasteiger partial charge in [0.1, 0.15) is 11.6 Å². The second-order valence-electron chi connectivity index (χ2n) is 7.46. The number of nitrogen functional groups attached to an aromatic ring is 1. The molecule has 0 bridgehead atoms. The summed E-state index contributed by atoms with van der Waals surface area (Å²) < 4.78 is 5.40. The van der Waals surface area contributed by atoms with Crippen LogP contribution in [0.25, 0.3) is 39.4 Å². The number of pyridine rings is 1. The Kier molecular flexibility index (Phi) is 6.34. The van der Waals surface area contributed by atoms with Crippen LogP contribution >= 0.6 is 0 Å². The van der Waals surface area contributed by atoms with E-state index in [4.69, 9.17) is 10.5 Å². The Labute approximate surface area is 182 Å². The number of nitrogens with zero attached hydrogens (tertiary/aromatic N) is 3. The molecule has 1 aromatic carbocycles. The molecule has 1 aliphatic heterocycles. The summed E-state index contributed by atoms with van der Waals surface area (Å²) in [6, 6.07) is 10.5. The number of aromatic nitrogens is 4. The molecule has 4 aromatic rings. The fourth-order valence-electron chi connectivity index (χ4n) is 3.85. The van der Waals surface area contributed by atoms with E-state index in [-0.39, 0.29) is 0 Å². The van der Waals surface area contributed by atoms with Gasteiger partial charge in [-0.3, -0.25) is 4.90 Å². The van der Waals surface area contributed by atoms with E-state index in [0.717, 1.165) is 66.3 Å². The summed E-state index contributed by atoms with van der Waals surface area (Å²) in [6.45, 7) is 10.5. The van der Waals surface area contributed by atoms with E-state index in [1.165, 1.54) is 5.56 Å². The second kappa shape index (κ2) is 9.32. The number of anilines is 1. The molecule has 162 valence electrons. The third-order valence-corrected chi connectivity index (χ3v) is 5.31. The van der Waals surface area contributed by atoms with Crippen molar-refractivity contribution < 1.29 is 4.74 Å². The summed E-state index contributed by atoms with van der Waals surface area (Å²) in [6.07, 6.45) is 4.40. The Morgan fingerprint density at radius 1 is 1.10 bits per heavy atom. The van der Waals surface area contributed by atoms with Gasteiger partial charge in [-0.1, -0.05) is 38.1 Å². The summed E-state index contributed by atoms with van der Waals surface area (Å²) >= 11 is 0. The third kappa shape index (κ3) is 4.62. The summed E-state index contributed by atoms with van der Waals surface area (Å²) in [4.78, 5) is 18.0. The minimum atomic E-state index is 0.462. The number of fused-ring (bicyclic) bond motifs is 2. The van der Waals surface area contributed by atoms with Gasteiger partial charge in [-0.25, -0.2) is 9.97 Å². The minimum absolute atomic E-state index is 0.462. The van der Waals surface area contributed by atoms with E-state index in [9.17, 15) is 0 Å². The van der Waals surface area contributed by atoms with Crippen LogP contribution in [0.1, 0.15) is 25.2 Å². The highest BCUT2D eigenvalue weighted by atomic mass is 16.5. The lowest BCUT2D eigenvalue weighted by Crippen LogP contribution is -2.36. The number of morpholine rings is 1. The van der Waals surface area contributed by atoms with Crippen LogP contribution in [0.5, 0.6) is 0 Å². The molecule has 0 spiro atoms. The Morgan fingerprint density at radius 3 is 2.71 bits per heavy atom. The van der Waals surface area contributed by atoms with Crippen molar-refractivity contribution in [2.75, 3.05) is 38.6 Å². The molecule has 0 amide bonds. The predicted octanol–water partition coefficient (Wildman–Crippen LogP) is 4.37. The molecule has 0 aliphatic carbocycles. The molecule has 31 heavy (non-hydrogen) atoms. The minimum Gasteiger partial charge on any atom is -0.384 e. The van der Waals surface area contributed by atoms with Crippen molar-refractivity contribution in [1.29, 1.82) is 0 Å². The van der Waals surface area contributed by atoms with E-state index in [1.807, 2.05) is 26.8 Å². The van der Waals surface area contributed by atoms with Crippen molar-refractivity contribution in [2.45, 2.75) is 20.8 Å². The van der Waals surface area contributed by atoms with Crippen molar-refractivity contribution in [2.24, 2.45) is 0 Å². The van der Waals surface area contributed by atoms with Gasteiger partial charge in [0.05, 0.1) is 18.7 Å². The predicted molar refractivity (Wildman–Crippen MR) is 128 cm³/mol. The molecular weight excluding hydrogens is 388 g/mol. The highest BCUT2D eigenvalue weighted by Gasteiger charge is 2.13. The molecular formula is C24H30N6O. The molecule has 4 heterocycles. The van der Waals surface area contributed by atoms with Crippen LogP contribution in [0.3, 0.4) is 0 Å². The topological polar surface area (TPSA) is 95.8 Å². The standard InChI is InChI=1S/C22H24N6O.C2H6/c1-14-24-21-17(13-20(23)27-22(21)25-14)19-12-16-5-4-15(11-18(16)26-19)3-2-6-28-7-9-29-10-8-28;1-2/h2-5,11-13,26H,6-10H2,1H3,(H3,23,24,25,27);1-2H3/b3-2+;. The lowest BCUT2D eigenvalue weighted by molar-refractivity contribution is 0.0435. The van der Waals surface area contributed by atoms with Crippen molar-refractivity contribution in [3.63, 3.8) is 0 Å². The van der Waals surface area contributed by atoms with Crippen molar-refractivity contribution in [3.8, 4) is 11.3 Å². The summed E-state index contributed by atoms with van der Waals surface area (Å²) in [5, 5.41) is 1.16. The molecule has 1 aliphatic rings. The normalized spacial score (nSPS) is 14.9. The number of aromatic amines is 2. The molecule has 7 nitrogen and oxygen atoms in total. The van der Waals surface area contributed by atoms with Gasteiger partial charge in [0.25, 0.3) is 0 Å². The van der Waals surface area contributed by atoms with Crippen LogP contribution in [0.4, 0.5) is 5.82 Å². The molecule has 7 heteroatoms. The zero-order valence-electron chi connectivity index (χ0n) is 18.4. The molecule has 1 fully saturated rings. The fourth-order valence-corrected chi connectivity index (χ4v) is 3.85. The monoisotopic (exact) mass is 418 g/mol. The largest absolute Gasteiger partial charge is 0.384 e. The van der Waals surface area contributed by atoms with Gasteiger partial charge in [0, 0.05) is 41.8 Å². The van der Waals surface area contributed by atoms with E-state index in [1.54, 1.807) is 0 Å². The number of hydrogen-bond acceptors (Lipinski definition) is 5. The first-order valence-corrected chi connectivity index (χ1v) is 10.9. The van der Waals surface area contributed by atoms with Crippen LogP contribution in [0, 0.1) is 6.92 Å². The zero-order chi connectivity index (χ0) is 21.8. The maximum absolute atomic E-state index is 6.01. The van der Waals surface area contributed by atoms with Gasteiger partial charge >= 0.3 is 0 Å². The first kappa shape index (κ1) is 21.1. The van der Waals surface area contributed by atoms with Crippen LogP contribution in [0.2, 0.25) is 0 Å². The van der Waals surface area contributed by atoms with Crippen LogP contribution < -0.4 is 5.73 Å². The van der Waals surface area contributed by atoms with Crippen molar-refractivity contribution >= 4 is 34.0 Å². The Balaban J connectivity index is 0.00000112. The average Bonchev–Trinajstić information content (AvgIpc) is 3.37. The molecule has 3 aromatic heterocycles. The molecule has 0 atom stereocenters. The molecule has 1 saturated heterocycles. The Hall–Kier alpha value is -3.16. The molecule has 0 radical (unpaired) electrons. The summed E-state index contributed by atoms with van der Waals surface area (Å²) in [5.74, 6) is 1.28. The first-order chi connectivity index (χ1) is 15.2. The van der Waals surface area contributed by atoms with Gasteiger partial charge in [0.15, 0.2) is 5.65 Å². The zero-order valence-corrected chi connectivity index (χ0v) is 18.4. The van der Waals surface area contributed by atoms with Gasteiger partial charge in [0.2, 0.25) is 0 Å². The number of aryl methyl sites for hydroxylation is 1. The number of ether oxygens (including phenoxy) is 1. The smallest absolute Gasteiger partial charge is 0.180 e. The van der Waals surface area contributed by atoms with Crippen molar-refractivity contribution in [1.82, 2.24) is 24.8 Å². The number of H-pyrrole nitrogens is 2. The van der Waals surface area contributed by atoms with E-state index >= 15 is 0 Å². The lowest BCUT2D eigenvalue weighted by atomic mass is 10.1. The molecule has 0 saturated carbocycles. The van der Waals surface area contributed by atoms with Crippen LogP contribution in [-0.4, -0.2) is 57.7 Å². The first-order valence-electron chi connectivity index (χ1n) is 10.9. The number of hydrogen-bond donors (Lipinski definition) is 3. The number of nitrogens with two attached hydrogens (primary N) is 1. The Morgan fingerprint density at radius 2 is 1.90 bits per heavy atom. The highest BCUT2D eigenvalue weighted by Crippen LogP contribution is 2.30. The summed E-state index contributed by atoms with van der Waals surface area (Å²) in [5.41, 5.74) is 11.8. The van der Waals surface area contributed by atoms with Gasteiger partial charge in [-0.15, -0.1) is 0 Å². The van der Waals surface area contributed by atoms with Crippen LogP contribution in [0.15, 0.2) is 36.4 Å². The van der Waals surface area contributed by atoms with Gasteiger partial charge < -0.3 is 20.4 Å². The van der Waals surface area contributed by atoms with Gasteiger partial charge in [-0.05, 0) is 30.7 Å². The number of rotatable bonds is 4. The fraction of sp³-hybridized carbons (Fsp3) is 0.333. The van der Waals surface area contributed by atoms with E-state index in [2.05, 4.69) is 61.3 Å². The highest BCUT2D eigenvalue weighted by molar-refractivity contribution is 5.95. The number of imidazole rings is 1.